The minimum Gasteiger partial charge on any atom is -0.312 e. The Balaban J connectivity index is 3.80. The van der Waals surface area contributed by atoms with Crippen molar-refractivity contribution in [3.05, 3.63) is 0 Å². The Labute approximate surface area is 63.2 Å². The van der Waals surface area contributed by atoms with Gasteiger partial charge in [0.25, 0.3) is 0 Å². The molecule has 0 saturated heterocycles. The van der Waals surface area contributed by atoms with Crippen molar-refractivity contribution in [2.75, 3.05) is 20.6 Å². The molecule has 62 valence electrons. The molecule has 0 radical (unpaired) electrons. The minimum atomic E-state index is 0.157. The Bertz CT molecular complexity index is 85.7. The van der Waals surface area contributed by atoms with Crippen LogP contribution in [-0.4, -0.2) is 42.0 Å². The number of hydrogen-bond acceptors (Lipinski definition) is 3. The lowest BCUT2D eigenvalue weighted by Crippen LogP contribution is -2.42. The van der Waals surface area contributed by atoms with Crippen LogP contribution in [0.2, 0.25) is 0 Å². The smallest absolute Gasteiger partial charge is 0.0857 e. The molecule has 0 aliphatic rings. The summed E-state index contributed by atoms with van der Waals surface area (Å²) in [4.78, 5) is 2.00. The quantitative estimate of drug-likeness (QED) is 0.473. The van der Waals surface area contributed by atoms with Crippen LogP contribution in [0.15, 0.2) is 0 Å². The van der Waals surface area contributed by atoms with E-state index in [-0.39, 0.29) is 6.17 Å². The molecule has 0 rings (SSSR count). The van der Waals surface area contributed by atoms with Crippen LogP contribution in [0.5, 0.6) is 0 Å². The maximum atomic E-state index is 9.28. The average molecular weight is 146 g/mol. The van der Waals surface area contributed by atoms with E-state index in [9.17, 15) is 5.21 Å². The van der Waals surface area contributed by atoms with E-state index in [0.29, 0.717) is 6.54 Å². The van der Waals surface area contributed by atoms with Crippen molar-refractivity contribution >= 4 is 0 Å². The monoisotopic (exact) mass is 146 g/mol. The van der Waals surface area contributed by atoms with E-state index in [1.807, 2.05) is 25.9 Å². The third kappa shape index (κ3) is 2.64. The molecule has 1 atom stereocenters. The highest BCUT2D eigenvalue weighted by atomic mass is 16.5. The Hall–Kier alpha value is -0.120. The van der Waals surface area contributed by atoms with E-state index in [4.69, 9.17) is 0 Å². The van der Waals surface area contributed by atoms with Crippen molar-refractivity contribution in [3.63, 3.8) is 0 Å². The van der Waals surface area contributed by atoms with Gasteiger partial charge in [-0.15, -0.1) is 0 Å². The molecule has 0 spiro atoms. The summed E-state index contributed by atoms with van der Waals surface area (Å²) in [6, 6.07) is 0. The van der Waals surface area contributed by atoms with Crippen LogP contribution in [0.3, 0.4) is 0 Å². The Kier molecular flexibility index (Phi) is 4.60. The molecule has 0 bridgehead atoms. The summed E-state index contributed by atoms with van der Waals surface area (Å²) < 4.78 is 0. The number of rotatable bonds is 4. The maximum Gasteiger partial charge on any atom is 0.0857 e. The van der Waals surface area contributed by atoms with E-state index < -0.39 is 0 Å². The van der Waals surface area contributed by atoms with E-state index in [1.54, 1.807) is 0 Å². The summed E-state index contributed by atoms with van der Waals surface area (Å²) in [6.07, 6.45) is 1.10. The fraction of sp³-hybridized carbons (Fsp3) is 1.00. The van der Waals surface area contributed by atoms with Gasteiger partial charge in [0.2, 0.25) is 0 Å². The van der Waals surface area contributed by atoms with Gasteiger partial charge in [-0.1, -0.05) is 13.8 Å². The predicted molar refractivity (Wildman–Crippen MR) is 41.9 cm³/mol. The standard InChI is InChI=1S/C7H18N2O/c1-5-7(8(3)4)9(10)6-2/h7,10H,5-6H2,1-4H3. The van der Waals surface area contributed by atoms with Gasteiger partial charge in [-0.3, -0.25) is 4.90 Å². The predicted octanol–water partition coefficient (Wildman–Crippen LogP) is 0.995. The van der Waals surface area contributed by atoms with Gasteiger partial charge in [0.15, 0.2) is 0 Å². The summed E-state index contributed by atoms with van der Waals surface area (Å²) in [5.41, 5.74) is 0. The molecule has 3 heteroatoms. The molecule has 1 unspecified atom stereocenters. The van der Waals surface area contributed by atoms with Crippen LogP contribution in [0, 0.1) is 0 Å². The molecule has 3 nitrogen and oxygen atoms in total. The van der Waals surface area contributed by atoms with Crippen molar-refractivity contribution in [2.24, 2.45) is 0 Å². The highest BCUT2D eigenvalue weighted by Gasteiger charge is 2.13. The summed E-state index contributed by atoms with van der Waals surface area (Å²) in [6.45, 7) is 4.67. The zero-order valence-electron chi connectivity index (χ0n) is 7.33. The van der Waals surface area contributed by atoms with Gasteiger partial charge in [0, 0.05) is 6.54 Å². The first-order valence-electron chi connectivity index (χ1n) is 3.75. The molecule has 0 aliphatic heterocycles. The van der Waals surface area contributed by atoms with Gasteiger partial charge in [0.05, 0.1) is 6.17 Å². The molecular weight excluding hydrogens is 128 g/mol. The van der Waals surface area contributed by atoms with E-state index >= 15 is 0 Å². The Morgan fingerprint density at radius 3 is 1.90 bits per heavy atom. The molecule has 0 aromatic heterocycles. The van der Waals surface area contributed by atoms with Gasteiger partial charge in [-0.25, -0.2) is 0 Å². The normalized spacial score (nSPS) is 14.7. The van der Waals surface area contributed by atoms with Crippen LogP contribution in [0.1, 0.15) is 20.3 Å². The van der Waals surface area contributed by atoms with Crippen molar-refractivity contribution in [3.8, 4) is 0 Å². The highest BCUT2D eigenvalue weighted by molar-refractivity contribution is 4.57. The molecule has 0 saturated carbocycles. The van der Waals surface area contributed by atoms with Crippen LogP contribution < -0.4 is 0 Å². The van der Waals surface area contributed by atoms with Gasteiger partial charge >= 0.3 is 0 Å². The summed E-state index contributed by atoms with van der Waals surface area (Å²) >= 11 is 0. The summed E-state index contributed by atoms with van der Waals surface area (Å²) in [7, 11) is 3.93. The number of nitrogens with zero attached hydrogens (tertiary/aromatic N) is 2. The molecule has 10 heavy (non-hydrogen) atoms. The molecule has 0 fully saturated rings. The largest absolute Gasteiger partial charge is 0.312 e. The first-order chi connectivity index (χ1) is 4.63. The fourth-order valence-corrected chi connectivity index (χ4v) is 1.05. The van der Waals surface area contributed by atoms with E-state index in [1.165, 1.54) is 5.06 Å². The lowest BCUT2D eigenvalue weighted by molar-refractivity contribution is -0.160. The van der Waals surface area contributed by atoms with Gasteiger partial charge in [-0.2, -0.15) is 5.06 Å². The van der Waals surface area contributed by atoms with E-state index in [0.717, 1.165) is 6.42 Å². The molecule has 0 aromatic carbocycles. The van der Waals surface area contributed by atoms with Crippen LogP contribution in [0.4, 0.5) is 0 Å². The molecule has 0 aromatic rings. The van der Waals surface area contributed by atoms with Gasteiger partial charge < -0.3 is 5.21 Å². The van der Waals surface area contributed by atoms with E-state index in [2.05, 4.69) is 6.92 Å². The Morgan fingerprint density at radius 1 is 1.30 bits per heavy atom. The van der Waals surface area contributed by atoms with Crippen molar-refractivity contribution in [2.45, 2.75) is 26.4 Å². The van der Waals surface area contributed by atoms with Crippen LogP contribution in [0.25, 0.3) is 0 Å². The highest BCUT2D eigenvalue weighted by Crippen LogP contribution is 2.02. The molecule has 0 amide bonds. The van der Waals surface area contributed by atoms with Gasteiger partial charge in [0.1, 0.15) is 0 Å². The zero-order valence-corrected chi connectivity index (χ0v) is 7.33. The second-order valence-electron chi connectivity index (χ2n) is 2.61. The topological polar surface area (TPSA) is 26.7 Å². The van der Waals surface area contributed by atoms with Crippen molar-refractivity contribution in [1.29, 1.82) is 0 Å². The van der Waals surface area contributed by atoms with Crippen LogP contribution >= 0.6 is 0 Å². The lowest BCUT2D eigenvalue weighted by atomic mass is 10.3. The third-order valence-electron chi connectivity index (χ3n) is 1.63. The fourth-order valence-electron chi connectivity index (χ4n) is 1.05. The lowest BCUT2D eigenvalue weighted by Gasteiger charge is -2.29. The molecule has 0 heterocycles. The molecule has 0 aliphatic carbocycles. The van der Waals surface area contributed by atoms with Gasteiger partial charge in [-0.05, 0) is 20.5 Å². The number of hydroxylamine groups is 2. The van der Waals surface area contributed by atoms with Crippen molar-refractivity contribution < 1.29 is 5.21 Å². The average Bonchev–Trinajstić information content (AvgIpc) is 1.88. The number of hydrogen-bond donors (Lipinski definition) is 1. The van der Waals surface area contributed by atoms with Crippen molar-refractivity contribution in [1.82, 2.24) is 9.96 Å². The Morgan fingerprint density at radius 2 is 1.80 bits per heavy atom. The second kappa shape index (κ2) is 4.66. The third-order valence-corrected chi connectivity index (χ3v) is 1.63. The SMILES string of the molecule is CCC(N(C)C)N(O)CC. The first-order valence-corrected chi connectivity index (χ1v) is 3.75. The summed E-state index contributed by atoms with van der Waals surface area (Å²) in [5, 5.41) is 10.6. The maximum absolute atomic E-state index is 9.28. The first kappa shape index (κ1) is 9.88. The van der Waals surface area contributed by atoms with Crippen LogP contribution in [-0.2, 0) is 0 Å². The minimum absolute atomic E-state index is 0.157. The molecule has 1 N–H and O–H groups in total. The molecular formula is C7H18N2O. The zero-order chi connectivity index (χ0) is 8.15. The second-order valence-corrected chi connectivity index (χ2v) is 2.61. The summed E-state index contributed by atoms with van der Waals surface area (Å²) in [5.74, 6) is 0.